The van der Waals surface area contributed by atoms with Crippen molar-refractivity contribution in [3.63, 3.8) is 0 Å². The van der Waals surface area contributed by atoms with Crippen LogP contribution in [0.3, 0.4) is 0 Å². The molecule has 0 amide bonds. The molecule has 0 N–H and O–H groups in total. The number of non-ortho nitro benzene ring substituents is 1. The maximum Gasteiger partial charge on any atom is 0.504 e. The quantitative estimate of drug-likeness (QED) is 0.441. The largest absolute Gasteiger partial charge is 0.504 e. The number of nitro groups is 1. The highest BCUT2D eigenvalue weighted by Crippen LogP contribution is 2.17. The van der Waals surface area contributed by atoms with Crippen molar-refractivity contribution >= 4 is 13.7 Å². The van der Waals surface area contributed by atoms with Crippen molar-refractivity contribution in [2.45, 2.75) is 6.42 Å². The van der Waals surface area contributed by atoms with Crippen LogP contribution in [-0.4, -0.2) is 18.2 Å². The molecule has 0 aliphatic heterocycles. The van der Waals surface area contributed by atoms with Crippen molar-refractivity contribution in [2.24, 2.45) is 0 Å². The lowest BCUT2D eigenvalue weighted by Gasteiger charge is -1.97. The lowest BCUT2D eigenvalue weighted by molar-refractivity contribution is -0.384. The lowest BCUT2D eigenvalue weighted by atomic mass is 10.1. The molecule has 1 aromatic rings. The van der Waals surface area contributed by atoms with Crippen molar-refractivity contribution in [1.82, 2.24) is 0 Å². The Bertz CT molecular complexity index is 380. The summed E-state index contributed by atoms with van der Waals surface area (Å²) in [7, 11) is -1.60. The molecule has 0 spiro atoms. The molecule has 15 heavy (non-hydrogen) atoms. The van der Waals surface area contributed by atoms with Gasteiger partial charge in [0.1, 0.15) is 6.61 Å². The SMILES string of the molecule is C[P+](=O)OCCc1cccc([N+](=O)[O-])c1. The summed E-state index contributed by atoms with van der Waals surface area (Å²) in [5.41, 5.74) is 0.870. The maximum atomic E-state index is 10.6. The Morgan fingerprint density at radius 2 is 2.27 bits per heavy atom. The molecule has 0 saturated heterocycles. The number of hydrogen-bond donors (Lipinski definition) is 0. The summed E-state index contributed by atoms with van der Waals surface area (Å²) >= 11 is 0. The molecule has 6 heteroatoms. The molecule has 1 aromatic carbocycles. The summed E-state index contributed by atoms with van der Waals surface area (Å²) in [4.78, 5) is 10.0. The van der Waals surface area contributed by atoms with Gasteiger partial charge in [-0.2, -0.15) is 0 Å². The van der Waals surface area contributed by atoms with E-state index in [0.717, 1.165) is 5.56 Å². The molecular weight excluding hydrogens is 217 g/mol. The summed E-state index contributed by atoms with van der Waals surface area (Å²) in [5.74, 6) is 0. The number of nitrogens with zero attached hydrogens (tertiary/aromatic N) is 1. The van der Waals surface area contributed by atoms with Crippen LogP contribution < -0.4 is 0 Å². The highest BCUT2D eigenvalue weighted by atomic mass is 31.1. The number of hydrogen-bond acceptors (Lipinski definition) is 4. The van der Waals surface area contributed by atoms with E-state index in [9.17, 15) is 14.7 Å². The van der Waals surface area contributed by atoms with Crippen LogP contribution in [0.4, 0.5) is 5.69 Å². The first-order valence-corrected chi connectivity index (χ1v) is 5.99. The fourth-order valence-electron chi connectivity index (χ4n) is 1.12. The van der Waals surface area contributed by atoms with Crippen LogP contribution >= 0.6 is 8.03 Å². The number of benzene rings is 1. The van der Waals surface area contributed by atoms with Crippen LogP contribution in [-0.2, 0) is 15.5 Å². The smallest absolute Gasteiger partial charge is 0.258 e. The fraction of sp³-hybridized carbons (Fsp3) is 0.333. The van der Waals surface area contributed by atoms with Gasteiger partial charge < -0.3 is 0 Å². The predicted octanol–water partition coefficient (Wildman–Crippen LogP) is 2.53. The van der Waals surface area contributed by atoms with Crippen molar-refractivity contribution in [2.75, 3.05) is 13.3 Å². The molecule has 0 saturated carbocycles. The minimum Gasteiger partial charge on any atom is -0.258 e. The first-order valence-electron chi connectivity index (χ1n) is 4.36. The van der Waals surface area contributed by atoms with E-state index in [1.165, 1.54) is 18.8 Å². The van der Waals surface area contributed by atoms with Crippen LogP contribution in [0, 0.1) is 10.1 Å². The fourth-order valence-corrected chi connectivity index (χ4v) is 1.47. The first-order chi connectivity index (χ1) is 7.09. The number of nitro benzene ring substituents is 1. The van der Waals surface area contributed by atoms with E-state index >= 15 is 0 Å². The van der Waals surface area contributed by atoms with Crippen molar-refractivity contribution in [1.29, 1.82) is 0 Å². The first kappa shape index (κ1) is 11.8. The second kappa shape index (κ2) is 5.53. The van der Waals surface area contributed by atoms with Gasteiger partial charge in [0.2, 0.25) is 0 Å². The normalized spacial score (nSPS) is 11.1. The third-order valence-electron chi connectivity index (χ3n) is 1.79. The average Bonchev–Trinajstić information content (AvgIpc) is 2.17. The minimum atomic E-state index is -1.60. The minimum absolute atomic E-state index is 0.0633. The Morgan fingerprint density at radius 1 is 1.53 bits per heavy atom. The van der Waals surface area contributed by atoms with Crippen LogP contribution in [0.15, 0.2) is 24.3 Å². The van der Waals surface area contributed by atoms with Crippen LogP contribution in [0.5, 0.6) is 0 Å². The molecule has 0 aliphatic rings. The van der Waals surface area contributed by atoms with Crippen LogP contribution in [0.25, 0.3) is 0 Å². The molecule has 0 fully saturated rings. The average molecular weight is 228 g/mol. The van der Waals surface area contributed by atoms with Gasteiger partial charge in [0.25, 0.3) is 5.69 Å². The summed E-state index contributed by atoms with van der Waals surface area (Å²) in [6, 6.07) is 6.33. The van der Waals surface area contributed by atoms with Gasteiger partial charge in [-0.05, 0) is 10.1 Å². The van der Waals surface area contributed by atoms with E-state index in [2.05, 4.69) is 0 Å². The summed E-state index contributed by atoms with van der Waals surface area (Å²) in [5, 5.41) is 10.5. The van der Waals surface area contributed by atoms with Gasteiger partial charge in [0, 0.05) is 18.6 Å². The third kappa shape index (κ3) is 4.14. The lowest BCUT2D eigenvalue weighted by Crippen LogP contribution is -1.95. The van der Waals surface area contributed by atoms with Gasteiger partial charge in [-0.15, -0.1) is 4.52 Å². The highest BCUT2D eigenvalue weighted by Gasteiger charge is 2.08. The molecule has 0 aromatic heterocycles. The van der Waals surface area contributed by atoms with Gasteiger partial charge in [0.05, 0.1) is 4.92 Å². The zero-order valence-electron chi connectivity index (χ0n) is 8.25. The molecule has 80 valence electrons. The molecule has 5 nitrogen and oxygen atoms in total. The van der Waals surface area contributed by atoms with Crippen molar-refractivity contribution in [3.05, 3.63) is 39.9 Å². The zero-order chi connectivity index (χ0) is 11.3. The topological polar surface area (TPSA) is 69.4 Å². The highest BCUT2D eigenvalue weighted by molar-refractivity contribution is 7.38. The Labute approximate surface area is 88.1 Å². The molecular formula is C9H11NO4P+. The monoisotopic (exact) mass is 228 g/mol. The Kier molecular flexibility index (Phi) is 4.34. The zero-order valence-corrected chi connectivity index (χ0v) is 9.15. The van der Waals surface area contributed by atoms with Gasteiger partial charge in [-0.3, -0.25) is 10.1 Å². The van der Waals surface area contributed by atoms with Gasteiger partial charge in [0.15, 0.2) is 6.66 Å². The van der Waals surface area contributed by atoms with Crippen LogP contribution in [0.2, 0.25) is 0 Å². The van der Waals surface area contributed by atoms with Crippen molar-refractivity contribution in [3.8, 4) is 0 Å². The second-order valence-corrected chi connectivity index (χ2v) is 4.09. The second-order valence-electron chi connectivity index (χ2n) is 2.95. The summed E-state index contributed by atoms with van der Waals surface area (Å²) in [6.45, 7) is 1.79. The molecule has 1 rings (SSSR count). The van der Waals surface area contributed by atoms with Crippen LogP contribution in [0.1, 0.15) is 5.56 Å². The molecule has 1 unspecified atom stereocenters. The van der Waals surface area contributed by atoms with Gasteiger partial charge in [-0.25, -0.2) is 0 Å². The third-order valence-corrected chi connectivity index (χ3v) is 2.33. The van der Waals surface area contributed by atoms with E-state index in [0.29, 0.717) is 13.0 Å². The Morgan fingerprint density at radius 3 is 2.87 bits per heavy atom. The van der Waals surface area contributed by atoms with E-state index in [-0.39, 0.29) is 5.69 Å². The van der Waals surface area contributed by atoms with E-state index in [1.54, 1.807) is 12.1 Å². The maximum absolute atomic E-state index is 10.6. The van der Waals surface area contributed by atoms with Crippen molar-refractivity contribution < 1.29 is 14.0 Å². The van der Waals surface area contributed by atoms with Gasteiger partial charge >= 0.3 is 8.03 Å². The standard InChI is InChI=1S/C9H11NO4P/c1-15(13)14-6-5-8-3-2-4-9(7-8)10(11)12/h2-4,7H,5-6H2,1H3/q+1. The number of rotatable bonds is 5. The molecule has 0 radical (unpaired) electrons. The summed E-state index contributed by atoms with van der Waals surface area (Å²) in [6.07, 6.45) is 0.524. The molecule has 1 atom stereocenters. The van der Waals surface area contributed by atoms with Gasteiger partial charge in [-0.1, -0.05) is 12.1 Å². The Hall–Kier alpha value is -1.32. The molecule has 0 heterocycles. The predicted molar refractivity (Wildman–Crippen MR) is 56.3 cm³/mol. The van der Waals surface area contributed by atoms with E-state index < -0.39 is 13.0 Å². The van der Waals surface area contributed by atoms with E-state index in [1.807, 2.05) is 0 Å². The molecule has 0 bridgehead atoms. The Balaban J connectivity index is 2.58. The van der Waals surface area contributed by atoms with E-state index in [4.69, 9.17) is 4.52 Å². The summed E-state index contributed by atoms with van der Waals surface area (Å²) < 4.78 is 15.5. The molecule has 0 aliphatic carbocycles.